The average molecular weight is 208 g/mol. The number of benzene rings is 1. The van der Waals surface area contributed by atoms with Crippen molar-refractivity contribution >= 4 is 0 Å². The van der Waals surface area contributed by atoms with Crippen molar-refractivity contribution in [3.63, 3.8) is 0 Å². The molecule has 0 atom stereocenters. The molecule has 0 spiro atoms. The number of hydrogen-bond acceptors (Lipinski definition) is 2. The van der Waals surface area contributed by atoms with Crippen LogP contribution in [0.15, 0.2) is 18.2 Å². The highest BCUT2D eigenvalue weighted by Gasteiger charge is 2.01. The van der Waals surface area contributed by atoms with E-state index in [1.807, 2.05) is 13.0 Å². The Hall–Kier alpha value is -1.02. The molecule has 0 bridgehead atoms. The Morgan fingerprint density at radius 3 is 2.47 bits per heavy atom. The zero-order valence-electron chi connectivity index (χ0n) is 9.62. The van der Waals surface area contributed by atoms with E-state index >= 15 is 0 Å². The van der Waals surface area contributed by atoms with E-state index in [4.69, 9.17) is 9.84 Å². The van der Waals surface area contributed by atoms with E-state index in [1.54, 1.807) is 0 Å². The lowest BCUT2D eigenvalue weighted by molar-refractivity contribution is 0.280. The first-order chi connectivity index (χ1) is 7.30. The SMILES string of the molecule is CCCCc1cc(CO)cc(OCC)c1. The van der Waals surface area contributed by atoms with Gasteiger partial charge in [-0.25, -0.2) is 0 Å². The Kier molecular flexibility index (Phi) is 5.19. The van der Waals surface area contributed by atoms with Gasteiger partial charge < -0.3 is 9.84 Å². The van der Waals surface area contributed by atoms with Gasteiger partial charge >= 0.3 is 0 Å². The van der Waals surface area contributed by atoms with Crippen molar-refractivity contribution in [1.29, 1.82) is 0 Å². The maximum absolute atomic E-state index is 9.12. The predicted octanol–water partition coefficient (Wildman–Crippen LogP) is 2.92. The summed E-state index contributed by atoms with van der Waals surface area (Å²) in [7, 11) is 0. The smallest absolute Gasteiger partial charge is 0.119 e. The van der Waals surface area contributed by atoms with E-state index in [9.17, 15) is 0 Å². The third-order valence-electron chi connectivity index (χ3n) is 2.34. The molecule has 84 valence electrons. The van der Waals surface area contributed by atoms with Gasteiger partial charge in [-0.2, -0.15) is 0 Å². The monoisotopic (exact) mass is 208 g/mol. The van der Waals surface area contributed by atoms with Crippen molar-refractivity contribution in [3.05, 3.63) is 29.3 Å². The predicted molar refractivity (Wildman–Crippen MR) is 62.1 cm³/mol. The molecular weight excluding hydrogens is 188 g/mol. The van der Waals surface area contributed by atoms with Crippen LogP contribution in [0.1, 0.15) is 37.8 Å². The van der Waals surface area contributed by atoms with Gasteiger partial charge in [0.05, 0.1) is 13.2 Å². The Morgan fingerprint density at radius 1 is 1.13 bits per heavy atom. The summed E-state index contributed by atoms with van der Waals surface area (Å²) in [5.41, 5.74) is 2.19. The van der Waals surface area contributed by atoms with Gasteiger partial charge in [0.15, 0.2) is 0 Å². The fourth-order valence-electron chi connectivity index (χ4n) is 1.60. The molecule has 2 heteroatoms. The minimum Gasteiger partial charge on any atom is -0.494 e. The number of aliphatic hydroxyl groups excluding tert-OH is 1. The molecule has 0 saturated carbocycles. The number of aryl methyl sites for hydroxylation is 1. The van der Waals surface area contributed by atoms with Crippen molar-refractivity contribution in [3.8, 4) is 5.75 Å². The molecular formula is C13H20O2. The summed E-state index contributed by atoms with van der Waals surface area (Å²) in [6.45, 7) is 4.90. The number of ether oxygens (including phenoxy) is 1. The van der Waals surface area contributed by atoms with Crippen LogP contribution in [0, 0.1) is 0 Å². The van der Waals surface area contributed by atoms with Gasteiger partial charge in [0.1, 0.15) is 5.75 Å². The first kappa shape index (κ1) is 12.1. The summed E-state index contributed by atoms with van der Waals surface area (Å²) >= 11 is 0. The van der Waals surface area contributed by atoms with Crippen LogP contribution in [-0.4, -0.2) is 11.7 Å². The lowest BCUT2D eigenvalue weighted by Crippen LogP contribution is -1.96. The van der Waals surface area contributed by atoms with Gasteiger partial charge in [0, 0.05) is 0 Å². The molecule has 1 aromatic carbocycles. The highest BCUT2D eigenvalue weighted by atomic mass is 16.5. The number of unbranched alkanes of at least 4 members (excludes halogenated alkanes) is 1. The molecule has 15 heavy (non-hydrogen) atoms. The van der Waals surface area contributed by atoms with Crippen LogP contribution in [0.4, 0.5) is 0 Å². The second-order valence-electron chi connectivity index (χ2n) is 3.68. The van der Waals surface area contributed by atoms with Crippen LogP contribution < -0.4 is 4.74 Å². The molecule has 0 amide bonds. The second kappa shape index (κ2) is 6.46. The Labute approximate surface area is 91.9 Å². The van der Waals surface area contributed by atoms with Crippen molar-refractivity contribution < 1.29 is 9.84 Å². The summed E-state index contributed by atoms with van der Waals surface area (Å²) in [5, 5.41) is 9.12. The normalized spacial score (nSPS) is 10.3. The molecule has 0 radical (unpaired) electrons. The van der Waals surface area contributed by atoms with Crippen molar-refractivity contribution in [2.24, 2.45) is 0 Å². The highest BCUT2D eigenvalue weighted by molar-refractivity contribution is 5.34. The molecule has 0 unspecified atom stereocenters. The first-order valence-corrected chi connectivity index (χ1v) is 5.66. The summed E-state index contributed by atoms with van der Waals surface area (Å²) in [6, 6.07) is 6.02. The standard InChI is InChI=1S/C13H20O2/c1-3-5-6-11-7-12(10-14)9-13(8-11)15-4-2/h7-9,14H,3-6,10H2,1-2H3. The van der Waals surface area contributed by atoms with Gasteiger partial charge in [-0.3, -0.25) is 0 Å². The first-order valence-electron chi connectivity index (χ1n) is 5.66. The van der Waals surface area contributed by atoms with Crippen LogP contribution >= 0.6 is 0 Å². The molecule has 0 aliphatic heterocycles. The third-order valence-corrected chi connectivity index (χ3v) is 2.34. The van der Waals surface area contributed by atoms with E-state index in [1.165, 1.54) is 18.4 Å². The number of aliphatic hydroxyl groups is 1. The minimum absolute atomic E-state index is 0.0834. The Morgan fingerprint density at radius 2 is 1.87 bits per heavy atom. The molecule has 0 aliphatic rings. The lowest BCUT2D eigenvalue weighted by atomic mass is 10.1. The molecule has 0 fully saturated rings. The van der Waals surface area contributed by atoms with E-state index in [-0.39, 0.29) is 6.61 Å². The van der Waals surface area contributed by atoms with Gasteiger partial charge in [-0.05, 0) is 43.0 Å². The maximum atomic E-state index is 9.12. The van der Waals surface area contributed by atoms with Crippen molar-refractivity contribution in [2.45, 2.75) is 39.7 Å². The summed E-state index contributed by atoms with van der Waals surface area (Å²) in [6.07, 6.45) is 3.43. The minimum atomic E-state index is 0.0834. The van der Waals surface area contributed by atoms with Gasteiger partial charge in [-0.15, -0.1) is 0 Å². The molecule has 1 aromatic rings. The molecule has 0 heterocycles. The molecule has 0 aliphatic carbocycles. The molecule has 2 nitrogen and oxygen atoms in total. The van der Waals surface area contributed by atoms with Crippen molar-refractivity contribution in [1.82, 2.24) is 0 Å². The second-order valence-corrected chi connectivity index (χ2v) is 3.68. The average Bonchev–Trinajstić information content (AvgIpc) is 2.26. The maximum Gasteiger partial charge on any atom is 0.119 e. The van der Waals surface area contributed by atoms with E-state index in [0.29, 0.717) is 6.61 Å². The summed E-state index contributed by atoms with van der Waals surface area (Å²) in [4.78, 5) is 0. The van der Waals surface area contributed by atoms with Crippen molar-refractivity contribution in [2.75, 3.05) is 6.61 Å². The highest BCUT2D eigenvalue weighted by Crippen LogP contribution is 2.19. The van der Waals surface area contributed by atoms with E-state index in [2.05, 4.69) is 19.1 Å². The Balaban J connectivity index is 2.79. The molecule has 0 saturated heterocycles. The summed E-state index contributed by atoms with van der Waals surface area (Å²) < 4.78 is 5.46. The fourth-order valence-corrected chi connectivity index (χ4v) is 1.60. The quantitative estimate of drug-likeness (QED) is 0.779. The third kappa shape index (κ3) is 3.92. The zero-order chi connectivity index (χ0) is 11.1. The fraction of sp³-hybridized carbons (Fsp3) is 0.538. The Bertz CT molecular complexity index is 295. The lowest BCUT2D eigenvalue weighted by Gasteiger charge is -2.08. The zero-order valence-corrected chi connectivity index (χ0v) is 9.62. The summed E-state index contributed by atoms with van der Waals surface area (Å²) in [5.74, 6) is 0.871. The molecule has 1 rings (SSSR count). The van der Waals surface area contributed by atoms with Gasteiger partial charge in [-0.1, -0.05) is 19.4 Å². The van der Waals surface area contributed by atoms with Crippen LogP contribution in [0.25, 0.3) is 0 Å². The van der Waals surface area contributed by atoms with E-state index in [0.717, 1.165) is 17.7 Å². The number of hydrogen-bond donors (Lipinski definition) is 1. The van der Waals surface area contributed by atoms with Crippen LogP contribution in [0.3, 0.4) is 0 Å². The van der Waals surface area contributed by atoms with Crippen LogP contribution in [0.5, 0.6) is 5.75 Å². The van der Waals surface area contributed by atoms with E-state index < -0.39 is 0 Å². The molecule has 0 aromatic heterocycles. The topological polar surface area (TPSA) is 29.5 Å². The number of rotatable bonds is 6. The van der Waals surface area contributed by atoms with Crippen LogP contribution in [-0.2, 0) is 13.0 Å². The largest absolute Gasteiger partial charge is 0.494 e. The molecule has 1 N–H and O–H groups in total. The van der Waals surface area contributed by atoms with Gasteiger partial charge in [0.25, 0.3) is 0 Å². The van der Waals surface area contributed by atoms with Crippen LogP contribution in [0.2, 0.25) is 0 Å². The van der Waals surface area contributed by atoms with Gasteiger partial charge in [0.2, 0.25) is 0 Å².